The summed E-state index contributed by atoms with van der Waals surface area (Å²) in [5.41, 5.74) is 6.19. The van der Waals surface area contributed by atoms with E-state index in [4.69, 9.17) is 5.73 Å². The molecular weight excluding hydrogens is 234 g/mol. The van der Waals surface area contributed by atoms with Gasteiger partial charge in [0.25, 0.3) is 0 Å². The standard InChI is InChI=1S/C8H13N3O2S2/c1-15(12,13)3-2-14-6-7-4-11-8(9)5-10-7/h4-5H,2-3,6H2,1H3,(H2,9,11). The fraction of sp³-hybridized carbons (Fsp3) is 0.500. The second kappa shape index (κ2) is 5.32. The van der Waals surface area contributed by atoms with E-state index in [2.05, 4.69) is 9.97 Å². The van der Waals surface area contributed by atoms with E-state index in [9.17, 15) is 8.42 Å². The average Bonchev–Trinajstić information content (AvgIpc) is 2.14. The molecule has 2 N–H and O–H groups in total. The third kappa shape index (κ3) is 5.58. The molecule has 1 heterocycles. The van der Waals surface area contributed by atoms with Gasteiger partial charge in [0, 0.05) is 17.8 Å². The number of nitrogen functional groups attached to an aromatic ring is 1. The minimum atomic E-state index is -2.86. The molecule has 0 aliphatic rings. The van der Waals surface area contributed by atoms with Crippen molar-refractivity contribution in [2.24, 2.45) is 0 Å². The van der Waals surface area contributed by atoms with Crippen LogP contribution in [0.4, 0.5) is 5.82 Å². The molecule has 0 unspecified atom stereocenters. The molecule has 0 aliphatic heterocycles. The minimum absolute atomic E-state index is 0.195. The SMILES string of the molecule is CS(=O)(=O)CCSCc1cnc(N)cn1. The summed E-state index contributed by atoms with van der Waals surface area (Å²) >= 11 is 1.52. The highest BCUT2D eigenvalue weighted by molar-refractivity contribution is 7.99. The van der Waals surface area contributed by atoms with Gasteiger partial charge in [0.15, 0.2) is 0 Å². The summed E-state index contributed by atoms with van der Waals surface area (Å²) in [6, 6.07) is 0. The van der Waals surface area contributed by atoms with Gasteiger partial charge in [-0.15, -0.1) is 0 Å². The van der Waals surface area contributed by atoms with Crippen LogP contribution in [0.1, 0.15) is 5.69 Å². The normalized spacial score (nSPS) is 11.5. The van der Waals surface area contributed by atoms with E-state index in [0.717, 1.165) is 5.69 Å². The van der Waals surface area contributed by atoms with Gasteiger partial charge in [0.1, 0.15) is 15.7 Å². The molecule has 0 saturated heterocycles. The molecule has 1 aromatic rings. The Labute approximate surface area is 93.4 Å². The first-order valence-electron chi connectivity index (χ1n) is 4.29. The summed E-state index contributed by atoms with van der Waals surface area (Å²) in [6.45, 7) is 0. The number of aromatic nitrogens is 2. The van der Waals surface area contributed by atoms with Crippen LogP contribution in [0.15, 0.2) is 12.4 Å². The number of hydrogen-bond donors (Lipinski definition) is 1. The molecule has 84 valence electrons. The first-order chi connectivity index (χ1) is 6.97. The summed E-state index contributed by atoms with van der Waals surface area (Å²) in [7, 11) is -2.86. The van der Waals surface area contributed by atoms with Gasteiger partial charge >= 0.3 is 0 Å². The summed E-state index contributed by atoms with van der Waals surface area (Å²) in [6.07, 6.45) is 4.33. The lowest BCUT2D eigenvalue weighted by Crippen LogP contribution is -2.05. The zero-order chi connectivity index (χ0) is 11.3. The Morgan fingerprint density at radius 3 is 2.67 bits per heavy atom. The first kappa shape index (κ1) is 12.3. The van der Waals surface area contributed by atoms with Crippen molar-refractivity contribution in [2.75, 3.05) is 23.5 Å². The van der Waals surface area contributed by atoms with E-state index >= 15 is 0 Å². The minimum Gasteiger partial charge on any atom is -0.382 e. The summed E-state index contributed by atoms with van der Waals surface area (Å²) in [5, 5.41) is 0. The molecule has 7 heteroatoms. The zero-order valence-corrected chi connectivity index (χ0v) is 10.0. The van der Waals surface area contributed by atoms with Crippen LogP contribution in [0.2, 0.25) is 0 Å². The summed E-state index contributed by atoms with van der Waals surface area (Å²) < 4.78 is 21.7. The van der Waals surface area contributed by atoms with Crippen molar-refractivity contribution < 1.29 is 8.42 Å². The monoisotopic (exact) mass is 247 g/mol. The maximum Gasteiger partial charge on any atom is 0.148 e. The molecule has 15 heavy (non-hydrogen) atoms. The molecular formula is C8H13N3O2S2. The molecule has 0 aromatic carbocycles. The number of hydrogen-bond acceptors (Lipinski definition) is 6. The Kier molecular flexibility index (Phi) is 4.34. The van der Waals surface area contributed by atoms with E-state index in [1.54, 1.807) is 6.20 Å². The van der Waals surface area contributed by atoms with Crippen molar-refractivity contribution in [3.05, 3.63) is 18.1 Å². The molecule has 1 aromatic heterocycles. The van der Waals surface area contributed by atoms with Crippen molar-refractivity contribution in [1.82, 2.24) is 9.97 Å². The maximum absolute atomic E-state index is 10.8. The van der Waals surface area contributed by atoms with E-state index in [1.807, 2.05) is 0 Å². The van der Waals surface area contributed by atoms with Crippen LogP contribution < -0.4 is 5.73 Å². The van der Waals surface area contributed by atoms with Crippen LogP contribution in [-0.4, -0.2) is 36.1 Å². The molecule has 0 aliphatic carbocycles. The maximum atomic E-state index is 10.8. The lowest BCUT2D eigenvalue weighted by atomic mass is 10.5. The zero-order valence-electron chi connectivity index (χ0n) is 8.38. The highest BCUT2D eigenvalue weighted by Gasteiger charge is 2.02. The van der Waals surface area contributed by atoms with Gasteiger partial charge in [-0.1, -0.05) is 0 Å². The van der Waals surface area contributed by atoms with Gasteiger partial charge in [-0.2, -0.15) is 11.8 Å². The Hall–Kier alpha value is -0.820. The number of nitrogens with two attached hydrogens (primary N) is 1. The van der Waals surface area contributed by atoms with Gasteiger partial charge in [-0.05, 0) is 0 Å². The fourth-order valence-electron chi connectivity index (χ4n) is 0.826. The number of rotatable bonds is 5. The van der Waals surface area contributed by atoms with Crippen LogP contribution in [0.3, 0.4) is 0 Å². The Morgan fingerprint density at radius 2 is 2.13 bits per heavy atom. The molecule has 0 fully saturated rings. The predicted molar refractivity (Wildman–Crippen MR) is 62.3 cm³/mol. The second-order valence-electron chi connectivity index (χ2n) is 3.12. The second-order valence-corrected chi connectivity index (χ2v) is 6.48. The number of nitrogens with zero attached hydrogens (tertiary/aromatic N) is 2. The summed E-state index contributed by atoms with van der Waals surface area (Å²) in [4.78, 5) is 7.94. The van der Waals surface area contributed by atoms with E-state index in [1.165, 1.54) is 24.2 Å². The van der Waals surface area contributed by atoms with E-state index in [0.29, 0.717) is 17.3 Å². The van der Waals surface area contributed by atoms with Crippen molar-refractivity contribution in [2.45, 2.75) is 5.75 Å². The Morgan fingerprint density at radius 1 is 1.40 bits per heavy atom. The molecule has 0 bridgehead atoms. The quantitative estimate of drug-likeness (QED) is 0.755. The number of thioether (sulfide) groups is 1. The fourth-order valence-corrected chi connectivity index (χ4v) is 3.01. The molecule has 0 spiro atoms. The van der Waals surface area contributed by atoms with Crippen molar-refractivity contribution in [3.8, 4) is 0 Å². The smallest absolute Gasteiger partial charge is 0.148 e. The molecule has 5 nitrogen and oxygen atoms in total. The van der Waals surface area contributed by atoms with Gasteiger partial charge in [-0.3, -0.25) is 4.98 Å². The molecule has 0 saturated carbocycles. The lowest BCUT2D eigenvalue weighted by Gasteiger charge is -2.00. The molecule has 0 radical (unpaired) electrons. The van der Waals surface area contributed by atoms with Crippen molar-refractivity contribution >= 4 is 27.4 Å². The van der Waals surface area contributed by atoms with Crippen LogP contribution in [0, 0.1) is 0 Å². The number of sulfone groups is 1. The molecule has 0 amide bonds. The van der Waals surface area contributed by atoms with Gasteiger partial charge in [-0.25, -0.2) is 13.4 Å². The molecule has 0 atom stereocenters. The van der Waals surface area contributed by atoms with Crippen LogP contribution >= 0.6 is 11.8 Å². The predicted octanol–water partition coefficient (Wildman–Crippen LogP) is 0.337. The van der Waals surface area contributed by atoms with Gasteiger partial charge in [0.05, 0.1) is 23.8 Å². The Bertz CT molecular complexity index is 402. The Balaban J connectivity index is 2.29. The topological polar surface area (TPSA) is 85.9 Å². The highest BCUT2D eigenvalue weighted by atomic mass is 32.2. The van der Waals surface area contributed by atoms with Crippen LogP contribution in [-0.2, 0) is 15.6 Å². The largest absolute Gasteiger partial charge is 0.382 e. The number of anilines is 1. The first-order valence-corrected chi connectivity index (χ1v) is 7.51. The van der Waals surface area contributed by atoms with Crippen LogP contribution in [0.5, 0.6) is 0 Å². The van der Waals surface area contributed by atoms with Gasteiger partial charge in [0.2, 0.25) is 0 Å². The summed E-state index contributed by atoms with van der Waals surface area (Å²) in [5.74, 6) is 1.81. The van der Waals surface area contributed by atoms with Crippen molar-refractivity contribution in [3.63, 3.8) is 0 Å². The third-order valence-corrected chi connectivity index (χ3v) is 3.77. The van der Waals surface area contributed by atoms with E-state index < -0.39 is 9.84 Å². The van der Waals surface area contributed by atoms with Crippen molar-refractivity contribution in [1.29, 1.82) is 0 Å². The van der Waals surface area contributed by atoms with Gasteiger partial charge < -0.3 is 5.73 Å². The highest BCUT2D eigenvalue weighted by Crippen LogP contribution is 2.09. The average molecular weight is 247 g/mol. The third-order valence-electron chi connectivity index (χ3n) is 1.57. The van der Waals surface area contributed by atoms with Crippen LogP contribution in [0.25, 0.3) is 0 Å². The lowest BCUT2D eigenvalue weighted by molar-refractivity contribution is 0.603. The van der Waals surface area contributed by atoms with E-state index in [-0.39, 0.29) is 5.75 Å². The molecule has 1 rings (SSSR count).